The van der Waals surface area contributed by atoms with Gasteiger partial charge in [-0.1, -0.05) is 24.3 Å². The summed E-state index contributed by atoms with van der Waals surface area (Å²) in [7, 11) is 0. The summed E-state index contributed by atoms with van der Waals surface area (Å²) in [5.41, 5.74) is 2.45. The lowest BCUT2D eigenvalue weighted by Gasteiger charge is -2.19. The Balaban J connectivity index is 1.85. The van der Waals surface area contributed by atoms with Crippen molar-refractivity contribution in [3.8, 4) is 5.75 Å². The molecule has 84 valence electrons. The second-order valence-corrected chi connectivity index (χ2v) is 3.94. The summed E-state index contributed by atoms with van der Waals surface area (Å²) < 4.78 is 5.44. The van der Waals surface area contributed by atoms with E-state index in [1.807, 2.05) is 36.4 Å². The highest BCUT2D eigenvalue weighted by Crippen LogP contribution is 2.31. The molecule has 0 fully saturated rings. The molecule has 0 spiro atoms. The van der Waals surface area contributed by atoms with E-state index in [1.54, 1.807) is 12.1 Å². The quantitative estimate of drug-likeness (QED) is 0.853. The second-order valence-electron chi connectivity index (χ2n) is 3.94. The van der Waals surface area contributed by atoms with E-state index in [0.29, 0.717) is 12.2 Å². The third-order valence-corrected chi connectivity index (χ3v) is 2.72. The van der Waals surface area contributed by atoms with E-state index >= 15 is 0 Å². The Morgan fingerprint density at radius 1 is 1.12 bits per heavy atom. The highest BCUT2D eigenvalue weighted by Gasteiger charge is 2.14. The molecule has 2 aliphatic rings. The molecule has 0 aromatic heterocycles. The van der Waals surface area contributed by atoms with E-state index in [2.05, 4.69) is 5.32 Å². The molecule has 3 heteroatoms. The molecule has 0 atom stereocenters. The molecule has 17 heavy (non-hydrogen) atoms. The summed E-state index contributed by atoms with van der Waals surface area (Å²) in [6.45, 7) is 0.594. The zero-order valence-electron chi connectivity index (χ0n) is 9.14. The predicted molar refractivity (Wildman–Crippen MR) is 65.2 cm³/mol. The number of ether oxygens (including phenoxy) is 1. The van der Waals surface area contributed by atoms with Crippen molar-refractivity contribution in [2.24, 2.45) is 0 Å². The van der Waals surface area contributed by atoms with Gasteiger partial charge in [0.05, 0.1) is 5.69 Å². The Bertz CT molecular complexity index is 564. The molecule has 2 aromatic carbocycles. The van der Waals surface area contributed by atoms with Gasteiger partial charge >= 0.3 is 0 Å². The molecule has 0 radical (unpaired) electrons. The fraction of sp³-hybridized carbons (Fsp3) is 0.0714. The first kappa shape index (κ1) is 9.90. The summed E-state index contributed by atoms with van der Waals surface area (Å²) in [6, 6.07) is 14.9. The van der Waals surface area contributed by atoms with Crippen LogP contribution in [0.1, 0.15) is 15.9 Å². The molecule has 2 heterocycles. The molecular weight excluding hydrogens is 214 g/mol. The maximum atomic E-state index is 11.9. The van der Waals surface area contributed by atoms with Crippen molar-refractivity contribution in [1.29, 1.82) is 0 Å². The molecule has 0 aliphatic carbocycles. The smallest absolute Gasteiger partial charge is 0.255 e. The summed E-state index contributed by atoms with van der Waals surface area (Å²) in [4.78, 5) is 11.9. The highest BCUT2D eigenvalue weighted by molar-refractivity contribution is 6.05. The molecule has 2 bridgehead atoms. The van der Waals surface area contributed by atoms with Gasteiger partial charge in [-0.2, -0.15) is 0 Å². The Hall–Kier alpha value is -2.29. The van der Waals surface area contributed by atoms with Crippen LogP contribution < -0.4 is 10.1 Å². The van der Waals surface area contributed by atoms with Crippen LogP contribution in [-0.2, 0) is 6.61 Å². The van der Waals surface area contributed by atoms with E-state index < -0.39 is 0 Å². The molecule has 0 saturated heterocycles. The van der Waals surface area contributed by atoms with Gasteiger partial charge in [-0.05, 0) is 29.8 Å². The molecule has 3 nitrogen and oxygen atoms in total. The van der Waals surface area contributed by atoms with E-state index in [1.165, 1.54) is 0 Å². The van der Waals surface area contributed by atoms with Crippen LogP contribution >= 0.6 is 0 Å². The van der Waals surface area contributed by atoms with E-state index in [0.717, 1.165) is 17.0 Å². The van der Waals surface area contributed by atoms with Gasteiger partial charge in [-0.15, -0.1) is 0 Å². The first-order valence-electron chi connectivity index (χ1n) is 5.45. The average molecular weight is 225 g/mol. The van der Waals surface area contributed by atoms with Crippen LogP contribution in [0.15, 0.2) is 48.5 Å². The van der Waals surface area contributed by atoms with Crippen LogP contribution in [0, 0.1) is 0 Å². The third kappa shape index (κ3) is 1.87. The van der Waals surface area contributed by atoms with Gasteiger partial charge < -0.3 is 10.1 Å². The fourth-order valence-corrected chi connectivity index (χ4v) is 1.84. The van der Waals surface area contributed by atoms with Crippen molar-refractivity contribution >= 4 is 11.6 Å². The predicted octanol–water partition coefficient (Wildman–Crippen LogP) is 2.83. The van der Waals surface area contributed by atoms with Gasteiger partial charge in [-0.25, -0.2) is 0 Å². The zero-order valence-corrected chi connectivity index (χ0v) is 9.14. The number of rotatable bonds is 2. The van der Waals surface area contributed by atoms with E-state index in [9.17, 15) is 4.79 Å². The van der Waals surface area contributed by atoms with Gasteiger partial charge in [0.15, 0.2) is 0 Å². The minimum atomic E-state index is -0.116. The standard InChI is InChI=1S/C14H11NO2/c16-14(11-4-2-1-3-5-11)15-12-8-10-6-7-13(12)17-9-10/h1-8H,9H2,(H,15,16). The van der Waals surface area contributed by atoms with Crippen molar-refractivity contribution in [2.75, 3.05) is 5.32 Å². The minimum absolute atomic E-state index is 0.116. The van der Waals surface area contributed by atoms with Crippen LogP contribution in [0.2, 0.25) is 0 Å². The lowest BCUT2D eigenvalue weighted by atomic mass is 10.1. The summed E-state index contributed by atoms with van der Waals surface area (Å²) in [5, 5.41) is 2.85. The van der Waals surface area contributed by atoms with Gasteiger partial charge in [0.25, 0.3) is 5.91 Å². The molecule has 4 rings (SSSR count). The van der Waals surface area contributed by atoms with Crippen molar-refractivity contribution in [1.82, 2.24) is 0 Å². The number of nitrogens with one attached hydrogen (secondary N) is 1. The number of hydrogen-bond acceptors (Lipinski definition) is 2. The minimum Gasteiger partial charge on any atom is -0.487 e. The van der Waals surface area contributed by atoms with Crippen molar-refractivity contribution in [2.45, 2.75) is 6.61 Å². The summed E-state index contributed by atoms with van der Waals surface area (Å²) in [6.07, 6.45) is 0. The molecule has 1 amide bonds. The Kier molecular flexibility index (Phi) is 2.29. The number of benzene rings is 2. The number of hydrogen-bond donors (Lipinski definition) is 1. The molecule has 1 N–H and O–H groups in total. The molecule has 2 aromatic rings. The average Bonchev–Trinajstić information content (AvgIpc) is 2.41. The normalized spacial score (nSPS) is 12.0. The van der Waals surface area contributed by atoms with Gasteiger partial charge in [0.2, 0.25) is 0 Å². The number of fused-ring (bicyclic) bond motifs is 3. The molecular formula is C14H11NO2. The third-order valence-electron chi connectivity index (χ3n) is 2.72. The first-order chi connectivity index (χ1) is 8.33. The van der Waals surface area contributed by atoms with Crippen molar-refractivity contribution in [3.63, 3.8) is 0 Å². The van der Waals surface area contributed by atoms with Gasteiger partial charge in [0, 0.05) is 5.56 Å². The maximum Gasteiger partial charge on any atom is 0.255 e. The fourth-order valence-electron chi connectivity index (χ4n) is 1.84. The monoisotopic (exact) mass is 225 g/mol. The summed E-state index contributed by atoms with van der Waals surface area (Å²) >= 11 is 0. The topological polar surface area (TPSA) is 38.3 Å². The van der Waals surface area contributed by atoms with Gasteiger partial charge in [-0.3, -0.25) is 4.79 Å². The number of carbonyl (C=O) groups excluding carboxylic acids is 1. The Labute approximate surface area is 99.0 Å². The van der Waals surface area contributed by atoms with Crippen molar-refractivity contribution < 1.29 is 9.53 Å². The van der Waals surface area contributed by atoms with Crippen LogP contribution in [0.25, 0.3) is 0 Å². The second kappa shape index (κ2) is 3.94. The van der Waals surface area contributed by atoms with Crippen LogP contribution in [0.4, 0.5) is 5.69 Å². The molecule has 0 unspecified atom stereocenters. The summed E-state index contributed by atoms with van der Waals surface area (Å²) in [5.74, 6) is 0.610. The largest absolute Gasteiger partial charge is 0.487 e. The lowest BCUT2D eigenvalue weighted by molar-refractivity contribution is 0.102. The molecule has 0 saturated carbocycles. The zero-order chi connectivity index (χ0) is 11.7. The van der Waals surface area contributed by atoms with Crippen molar-refractivity contribution in [3.05, 3.63) is 59.7 Å². The molecule has 2 aliphatic heterocycles. The van der Waals surface area contributed by atoms with Crippen LogP contribution in [-0.4, -0.2) is 5.91 Å². The number of carbonyl (C=O) groups is 1. The van der Waals surface area contributed by atoms with Crippen LogP contribution in [0.3, 0.4) is 0 Å². The SMILES string of the molecule is O=C(Nc1cc2ccc1OC2)c1ccccc1. The Morgan fingerprint density at radius 3 is 2.53 bits per heavy atom. The first-order valence-corrected chi connectivity index (χ1v) is 5.45. The maximum absolute atomic E-state index is 11.9. The van der Waals surface area contributed by atoms with Gasteiger partial charge in [0.1, 0.15) is 12.4 Å². The van der Waals surface area contributed by atoms with E-state index in [4.69, 9.17) is 4.74 Å². The lowest BCUT2D eigenvalue weighted by Crippen LogP contribution is -2.15. The van der Waals surface area contributed by atoms with E-state index in [-0.39, 0.29) is 5.91 Å². The number of amides is 1. The van der Waals surface area contributed by atoms with Crippen LogP contribution in [0.5, 0.6) is 5.75 Å². The Morgan fingerprint density at radius 2 is 1.94 bits per heavy atom. The highest BCUT2D eigenvalue weighted by atomic mass is 16.5. The number of anilines is 1.